The minimum atomic E-state index is 1.17. The molecule has 0 saturated heterocycles. The van der Waals surface area contributed by atoms with Crippen LogP contribution in [-0.4, -0.2) is 0 Å². The molecule has 0 spiro atoms. The monoisotopic (exact) mass is 451 g/mol. The molecule has 1 aliphatic carbocycles. The van der Waals surface area contributed by atoms with Crippen LogP contribution in [-0.2, 0) is 12.8 Å². The largest absolute Gasteiger partial charge is 0.310 e. The Morgan fingerprint density at radius 3 is 1.91 bits per heavy atom. The summed E-state index contributed by atoms with van der Waals surface area (Å²) in [5.74, 6) is 0. The van der Waals surface area contributed by atoms with Gasteiger partial charge in [0.15, 0.2) is 0 Å². The molecular formula is C34H29N. The topological polar surface area (TPSA) is 3.24 Å². The van der Waals surface area contributed by atoms with Crippen molar-refractivity contribution in [3.05, 3.63) is 137 Å². The fraction of sp³-hybridized carbons (Fsp3) is 0.118. The second kappa shape index (κ2) is 9.27. The molecule has 0 heterocycles. The molecular weight excluding hydrogens is 422 g/mol. The maximum absolute atomic E-state index is 2.39. The summed E-state index contributed by atoms with van der Waals surface area (Å²) in [6, 6.07) is 39.9. The number of anilines is 3. The van der Waals surface area contributed by atoms with Gasteiger partial charge in [-0.05, 0) is 95.6 Å². The van der Waals surface area contributed by atoms with Crippen molar-refractivity contribution in [2.24, 2.45) is 0 Å². The molecule has 0 N–H and O–H groups in total. The summed E-state index contributed by atoms with van der Waals surface area (Å²) in [5, 5.41) is 2.52. The Labute approximate surface area is 208 Å². The predicted octanol–water partition coefficient (Wildman–Crippen LogP) is 9.28. The zero-order valence-corrected chi connectivity index (χ0v) is 20.1. The van der Waals surface area contributed by atoms with Crippen LogP contribution in [0, 0.1) is 6.92 Å². The molecule has 0 aromatic heterocycles. The predicted molar refractivity (Wildman–Crippen MR) is 151 cm³/mol. The molecule has 0 amide bonds. The summed E-state index contributed by atoms with van der Waals surface area (Å²) >= 11 is 0. The van der Waals surface area contributed by atoms with Gasteiger partial charge in [0.25, 0.3) is 0 Å². The van der Waals surface area contributed by atoms with E-state index < -0.39 is 0 Å². The van der Waals surface area contributed by atoms with Crippen LogP contribution in [0.3, 0.4) is 0 Å². The Kier molecular flexibility index (Phi) is 5.68. The first-order valence-corrected chi connectivity index (χ1v) is 12.5. The third-order valence-electron chi connectivity index (χ3n) is 7.03. The second-order valence-electron chi connectivity index (χ2n) is 9.51. The van der Waals surface area contributed by atoms with Gasteiger partial charge in [-0.25, -0.2) is 0 Å². The van der Waals surface area contributed by atoms with Gasteiger partial charge in [0.05, 0.1) is 0 Å². The number of aryl methyl sites for hydroxylation is 3. The zero-order chi connectivity index (χ0) is 23.6. The van der Waals surface area contributed by atoms with Gasteiger partial charge in [0.2, 0.25) is 0 Å². The van der Waals surface area contributed by atoms with Gasteiger partial charge in [0.1, 0.15) is 0 Å². The van der Waals surface area contributed by atoms with Gasteiger partial charge in [0, 0.05) is 17.1 Å². The first-order chi connectivity index (χ1) is 17.2. The van der Waals surface area contributed by atoms with Crippen LogP contribution in [0.4, 0.5) is 17.1 Å². The van der Waals surface area contributed by atoms with E-state index in [4.69, 9.17) is 0 Å². The Balaban J connectivity index is 1.38. The Bertz CT molecular complexity index is 1510. The lowest BCUT2D eigenvalue weighted by molar-refractivity contribution is 0.912. The van der Waals surface area contributed by atoms with Crippen LogP contribution >= 0.6 is 0 Å². The van der Waals surface area contributed by atoms with Crippen molar-refractivity contribution in [1.29, 1.82) is 0 Å². The smallest absolute Gasteiger partial charge is 0.0468 e. The second-order valence-corrected chi connectivity index (χ2v) is 9.51. The molecule has 35 heavy (non-hydrogen) atoms. The third-order valence-corrected chi connectivity index (χ3v) is 7.03. The molecule has 5 aromatic carbocycles. The highest BCUT2D eigenvalue weighted by Crippen LogP contribution is 2.38. The van der Waals surface area contributed by atoms with E-state index in [1.54, 1.807) is 0 Å². The van der Waals surface area contributed by atoms with Gasteiger partial charge in [-0.1, -0.05) is 90.5 Å². The molecule has 0 unspecified atom stereocenters. The molecule has 0 bridgehead atoms. The fourth-order valence-corrected chi connectivity index (χ4v) is 5.06. The SMILES string of the molecule is Cc1ccc(C=Cc2ccc(N(c3ccc4c(c3)CCC4)c3ccc4ccccc4c3)cc2)cc1. The highest BCUT2D eigenvalue weighted by atomic mass is 15.1. The van der Waals surface area contributed by atoms with Crippen molar-refractivity contribution in [1.82, 2.24) is 0 Å². The first kappa shape index (κ1) is 21.4. The van der Waals surface area contributed by atoms with Gasteiger partial charge >= 0.3 is 0 Å². The number of fused-ring (bicyclic) bond motifs is 2. The number of benzene rings is 5. The lowest BCUT2D eigenvalue weighted by Crippen LogP contribution is -2.10. The molecule has 1 aliphatic rings. The van der Waals surface area contributed by atoms with E-state index >= 15 is 0 Å². The van der Waals surface area contributed by atoms with Crippen LogP contribution in [0.1, 0.15) is 34.2 Å². The van der Waals surface area contributed by atoms with Gasteiger partial charge in [-0.2, -0.15) is 0 Å². The van der Waals surface area contributed by atoms with Gasteiger partial charge in [-0.15, -0.1) is 0 Å². The van der Waals surface area contributed by atoms with E-state index in [0.717, 1.165) is 0 Å². The molecule has 0 saturated carbocycles. The molecule has 6 rings (SSSR count). The van der Waals surface area contributed by atoms with Crippen molar-refractivity contribution in [2.45, 2.75) is 26.2 Å². The average molecular weight is 452 g/mol. The number of rotatable bonds is 5. The quantitative estimate of drug-likeness (QED) is 0.241. The van der Waals surface area contributed by atoms with Crippen LogP contribution in [0.2, 0.25) is 0 Å². The standard InChI is InChI=1S/C34H29N/c1-25-9-11-26(12-10-25)13-14-27-15-19-32(20-16-27)35(34-22-18-29-7-4-8-31(29)24-34)33-21-17-28-5-2-3-6-30(28)23-33/h2-3,5-6,9-24H,4,7-8H2,1H3. The van der Waals surface area contributed by atoms with E-state index in [1.165, 1.54) is 74.9 Å². The molecule has 170 valence electrons. The first-order valence-electron chi connectivity index (χ1n) is 12.5. The van der Waals surface area contributed by atoms with Crippen molar-refractivity contribution in [3.63, 3.8) is 0 Å². The number of nitrogens with zero attached hydrogens (tertiary/aromatic N) is 1. The zero-order valence-electron chi connectivity index (χ0n) is 20.1. The molecule has 1 heteroatoms. The lowest BCUT2D eigenvalue weighted by atomic mass is 10.1. The minimum Gasteiger partial charge on any atom is -0.310 e. The maximum Gasteiger partial charge on any atom is 0.0468 e. The maximum atomic E-state index is 2.39. The van der Waals surface area contributed by atoms with Crippen molar-refractivity contribution in [2.75, 3.05) is 4.90 Å². The molecule has 5 aromatic rings. The Hall–Kier alpha value is -4.10. The summed E-state index contributed by atoms with van der Waals surface area (Å²) in [6.45, 7) is 2.12. The van der Waals surface area contributed by atoms with Crippen molar-refractivity contribution >= 4 is 40.0 Å². The number of hydrogen-bond acceptors (Lipinski definition) is 1. The Morgan fingerprint density at radius 1 is 0.543 bits per heavy atom. The van der Waals surface area contributed by atoms with Crippen LogP contribution in [0.15, 0.2) is 109 Å². The summed E-state index contributed by atoms with van der Waals surface area (Å²) in [4.78, 5) is 2.39. The van der Waals surface area contributed by atoms with Crippen LogP contribution in [0.5, 0.6) is 0 Å². The summed E-state index contributed by atoms with van der Waals surface area (Å²) in [7, 11) is 0. The Morgan fingerprint density at radius 2 is 1.14 bits per heavy atom. The lowest BCUT2D eigenvalue weighted by Gasteiger charge is -2.26. The van der Waals surface area contributed by atoms with Crippen LogP contribution in [0.25, 0.3) is 22.9 Å². The van der Waals surface area contributed by atoms with Gasteiger partial charge < -0.3 is 4.90 Å². The molecule has 0 radical (unpaired) electrons. The van der Waals surface area contributed by atoms with Crippen molar-refractivity contribution in [3.8, 4) is 0 Å². The van der Waals surface area contributed by atoms with E-state index in [2.05, 4.69) is 133 Å². The molecule has 0 fully saturated rings. The van der Waals surface area contributed by atoms with E-state index in [-0.39, 0.29) is 0 Å². The normalized spacial score (nSPS) is 12.8. The van der Waals surface area contributed by atoms with E-state index in [1.807, 2.05) is 0 Å². The molecule has 0 aliphatic heterocycles. The third kappa shape index (κ3) is 4.50. The summed E-state index contributed by atoms with van der Waals surface area (Å²) in [5.41, 5.74) is 10.3. The summed E-state index contributed by atoms with van der Waals surface area (Å²) < 4.78 is 0. The number of hydrogen-bond donors (Lipinski definition) is 0. The van der Waals surface area contributed by atoms with Crippen LogP contribution < -0.4 is 4.90 Å². The molecule has 1 nitrogen and oxygen atoms in total. The average Bonchev–Trinajstić information content (AvgIpc) is 3.37. The van der Waals surface area contributed by atoms with Gasteiger partial charge in [-0.3, -0.25) is 0 Å². The highest BCUT2D eigenvalue weighted by molar-refractivity contribution is 5.89. The van der Waals surface area contributed by atoms with E-state index in [9.17, 15) is 0 Å². The summed E-state index contributed by atoms with van der Waals surface area (Å²) in [6.07, 6.45) is 8.00. The minimum absolute atomic E-state index is 1.17. The highest BCUT2D eigenvalue weighted by Gasteiger charge is 2.17. The van der Waals surface area contributed by atoms with Crippen molar-refractivity contribution < 1.29 is 0 Å². The molecule has 0 atom stereocenters. The van der Waals surface area contributed by atoms with E-state index in [0.29, 0.717) is 0 Å². The fourth-order valence-electron chi connectivity index (χ4n) is 5.06.